The van der Waals surface area contributed by atoms with E-state index in [0.717, 1.165) is 17.6 Å². The largest absolute Gasteiger partial charge is 0.469 e. The van der Waals surface area contributed by atoms with E-state index in [2.05, 4.69) is 5.32 Å². The van der Waals surface area contributed by atoms with Crippen molar-refractivity contribution in [2.24, 2.45) is 5.92 Å². The minimum Gasteiger partial charge on any atom is -0.469 e. The second-order valence-corrected chi connectivity index (χ2v) is 5.67. The van der Waals surface area contributed by atoms with Crippen molar-refractivity contribution in [3.05, 3.63) is 35.9 Å². The van der Waals surface area contributed by atoms with Gasteiger partial charge in [0.2, 0.25) is 0 Å². The van der Waals surface area contributed by atoms with Crippen LogP contribution in [0.2, 0.25) is 0 Å². The molecule has 1 aliphatic rings. The number of rotatable bonds is 6. The molecule has 0 aliphatic carbocycles. The normalized spacial score (nSPS) is 19.2. The Morgan fingerprint density at radius 2 is 1.72 bits per heavy atom. The van der Waals surface area contributed by atoms with Gasteiger partial charge in [-0.3, -0.25) is 9.59 Å². The maximum atomic E-state index is 12.3. The number of amides is 3. The lowest BCUT2D eigenvalue weighted by Gasteiger charge is -2.29. The second kappa shape index (κ2) is 7.78. The molecule has 0 bridgehead atoms. The fourth-order valence-corrected chi connectivity index (χ4v) is 2.80. The van der Waals surface area contributed by atoms with Crippen LogP contribution in [0, 0.1) is 5.92 Å². The third-order valence-corrected chi connectivity index (χ3v) is 4.07. The first-order valence-corrected chi connectivity index (χ1v) is 7.73. The van der Waals surface area contributed by atoms with Crippen LogP contribution < -0.4 is 5.32 Å². The summed E-state index contributed by atoms with van der Waals surface area (Å²) in [5.74, 6) is -3.24. The van der Waals surface area contributed by atoms with E-state index in [9.17, 15) is 19.2 Å². The van der Waals surface area contributed by atoms with Crippen LogP contribution in [0.25, 0.3) is 0 Å². The maximum absolute atomic E-state index is 12.3. The minimum atomic E-state index is -1.41. The Labute approximate surface area is 145 Å². The van der Waals surface area contributed by atoms with Gasteiger partial charge in [0.15, 0.2) is 6.04 Å². The fourth-order valence-electron chi connectivity index (χ4n) is 2.80. The maximum Gasteiger partial charge on any atom is 0.330 e. The number of carbonyl (C=O) groups is 4. The summed E-state index contributed by atoms with van der Waals surface area (Å²) in [6, 6.07) is 6.00. The summed E-state index contributed by atoms with van der Waals surface area (Å²) < 4.78 is 9.55. The molecule has 0 aromatic heterocycles. The summed E-state index contributed by atoms with van der Waals surface area (Å²) in [4.78, 5) is 49.9. The Hall–Kier alpha value is -2.90. The predicted octanol–water partition coefficient (Wildman–Crippen LogP) is 0.500. The lowest BCUT2D eigenvalue weighted by atomic mass is 9.91. The Morgan fingerprint density at radius 1 is 1.12 bits per heavy atom. The second-order valence-electron chi connectivity index (χ2n) is 5.67. The average Bonchev–Trinajstić information content (AvgIpc) is 2.87. The van der Waals surface area contributed by atoms with Gasteiger partial charge in [-0.1, -0.05) is 30.3 Å². The van der Waals surface area contributed by atoms with E-state index in [4.69, 9.17) is 9.47 Å². The van der Waals surface area contributed by atoms with Gasteiger partial charge in [-0.15, -0.1) is 0 Å². The van der Waals surface area contributed by atoms with Crippen LogP contribution in [0.5, 0.6) is 0 Å². The summed E-state index contributed by atoms with van der Waals surface area (Å²) in [6.45, 7) is 1.50. The van der Waals surface area contributed by atoms with E-state index in [1.54, 1.807) is 24.3 Å². The van der Waals surface area contributed by atoms with E-state index < -0.39 is 41.9 Å². The Bertz CT molecular complexity index is 675. The molecule has 3 atom stereocenters. The van der Waals surface area contributed by atoms with Crippen LogP contribution in [0.3, 0.4) is 0 Å². The number of ether oxygens (including phenoxy) is 2. The number of nitrogens with one attached hydrogen (secondary N) is 1. The minimum absolute atomic E-state index is 0.110. The average molecular weight is 348 g/mol. The first-order valence-electron chi connectivity index (χ1n) is 7.73. The molecule has 134 valence electrons. The number of imide groups is 1. The van der Waals surface area contributed by atoms with E-state index >= 15 is 0 Å². The highest BCUT2D eigenvalue weighted by atomic mass is 16.5. The van der Waals surface area contributed by atoms with Gasteiger partial charge in [0.05, 0.1) is 20.1 Å². The Balaban J connectivity index is 2.43. The van der Waals surface area contributed by atoms with Crippen molar-refractivity contribution < 1.29 is 28.7 Å². The number of urea groups is 1. The summed E-state index contributed by atoms with van der Waals surface area (Å²) in [7, 11) is 2.32. The van der Waals surface area contributed by atoms with Crippen molar-refractivity contribution in [1.29, 1.82) is 0 Å². The number of carbonyl (C=O) groups excluding carboxylic acids is 4. The van der Waals surface area contributed by atoms with E-state index in [1.165, 1.54) is 14.0 Å². The first kappa shape index (κ1) is 18.4. The molecule has 1 N–H and O–H groups in total. The molecule has 1 aliphatic heterocycles. The highest BCUT2D eigenvalue weighted by molar-refractivity contribution is 6.07. The highest BCUT2D eigenvalue weighted by Gasteiger charge is 2.49. The van der Waals surface area contributed by atoms with Gasteiger partial charge in [0.25, 0.3) is 5.91 Å². The molecule has 8 heteroatoms. The number of nitrogens with zero attached hydrogens (tertiary/aromatic N) is 1. The molecule has 1 heterocycles. The molecule has 0 radical (unpaired) electrons. The zero-order chi connectivity index (χ0) is 18.6. The molecule has 1 fully saturated rings. The summed E-state index contributed by atoms with van der Waals surface area (Å²) in [5, 5.41) is 2.43. The van der Waals surface area contributed by atoms with Crippen LogP contribution in [-0.2, 0) is 30.3 Å². The molecule has 2 rings (SSSR count). The lowest BCUT2D eigenvalue weighted by Crippen LogP contribution is -2.53. The Morgan fingerprint density at radius 3 is 2.20 bits per heavy atom. The fraction of sp³-hybridized carbons (Fsp3) is 0.412. The van der Waals surface area contributed by atoms with Crippen molar-refractivity contribution in [2.75, 3.05) is 14.2 Å². The molecular weight excluding hydrogens is 328 g/mol. The molecule has 3 amide bonds. The lowest BCUT2D eigenvalue weighted by molar-refractivity contribution is -0.160. The Kier molecular flexibility index (Phi) is 5.74. The summed E-state index contributed by atoms with van der Waals surface area (Å²) >= 11 is 0. The van der Waals surface area contributed by atoms with Crippen molar-refractivity contribution in [1.82, 2.24) is 10.2 Å². The van der Waals surface area contributed by atoms with Gasteiger partial charge in [0.1, 0.15) is 6.04 Å². The zero-order valence-corrected chi connectivity index (χ0v) is 14.2. The van der Waals surface area contributed by atoms with Gasteiger partial charge in [-0.05, 0) is 18.9 Å². The number of esters is 2. The highest BCUT2D eigenvalue weighted by Crippen LogP contribution is 2.23. The van der Waals surface area contributed by atoms with Crippen LogP contribution in [-0.4, -0.2) is 55.1 Å². The molecule has 0 saturated carbocycles. The SMILES string of the molecule is COC(=O)[C@@H](Cc1ccccc1)[C@@H](C(=O)OC)N1C(=O)N[C@@H](C)C1=O. The standard InChI is InChI=1S/C17H20N2O6/c1-10-14(20)19(17(23)18-10)13(16(22)25-3)12(15(21)24-2)9-11-7-5-4-6-8-11/h4-8,10,12-13H,9H2,1-3H3,(H,18,23)/t10-,12-,13-/m0/s1. The van der Waals surface area contributed by atoms with Gasteiger partial charge in [0, 0.05) is 0 Å². The van der Waals surface area contributed by atoms with Crippen molar-refractivity contribution in [3.63, 3.8) is 0 Å². The molecule has 8 nitrogen and oxygen atoms in total. The molecular formula is C17H20N2O6. The summed E-state index contributed by atoms with van der Waals surface area (Å²) in [5.41, 5.74) is 0.756. The number of benzene rings is 1. The summed E-state index contributed by atoms with van der Waals surface area (Å²) in [6.07, 6.45) is 0.110. The zero-order valence-electron chi connectivity index (χ0n) is 14.2. The quantitative estimate of drug-likeness (QED) is 0.593. The van der Waals surface area contributed by atoms with Gasteiger partial charge in [-0.25, -0.2) is 14.5 Å². The van der Waals surface area contributed by atoms with Crippen molar-refractivity contribution in [3.8, 4) is 0 Å². The van der Waals surface area contributed by atoms with Gasteiger partial charge in [-0.2, -0.15) is 0 Å². The van der Waals surface area contributed by atoms with Crippen LogP contribution in [0.1, 0.15) is 12.5 Å². The van der Waals surface area contributed by atoms with E-state index in [1.807, 2.05) is 6.07 Å². The molecule has 0 unspecified atom stereocenters. The molecule has 25 heavy (non-hydrogen) atoms. The van der Waals surface area contributed by atoms with Crippen molar-refractivity contribution >= 4 is 23.9 Å². The van der Waals surface area contributed by atoms with Crippen LogP contribution in [0.4, 0.5) is 4.79 Å². The molecule has 1 aromatic carbocycles. The monoisotopic (exact) mass is 348 g/mol. The predicted molar refractivity (Wildman–Crippen MR) is 86.3 cm³/mol. The third kappa shape index (κ3) is 3.78. The van der Waals surface area contributed by atoms with E-state index in [-0.39, 0.29) is 6.42 Å². The van der Waals surface area contributed by atoms with Gasteiger partial charge >= 0.3 is 18.0 Å². The van der Waals surface area contributed by atoms with Gasteiger partial charge < -0.3 is 14.8 Å². The smallest absolute Gasteiger partial charge is 0.330 e. The number of hydrogen-bond acceptors (Lipinski definition) is 6. The van der Waals surface area contributed by atoms with Crippen molar-refractivity contribution in [2.45, 2.75) is 25.4 Å². The van der Waals surface area contributed by atoms with Crippen LogP contribution >= 0.6 is 0 Å². The number of hydrogen-bond donors (Lipinski definition) is 1. The molecule has 0 spiro atoms. The first-order chi connectivity index (χ1) is 11.9. The third-order valence-electron chi connectivity index (χ3n) is 4.07. The molecule has 1 saturated heterocycles. The molecule has 1 aromatic rings. The number of methoxy groups -OCH3 is 2. The topological polar surface area (TPSA) is 102 Å². The van der Waals surface area contributed by atoms with E-state index in [0.29, 0.717) is 0 Å². The van der Waals surface area contributed by atoms with Crippen LogP contribution in [0.15, 0.2) is 30.3 Å².